The zero-order chi connectivity index (χ0) is 21.7. The second kappa shape index (κ2) is 9.25. The van der Waals surface area contributed by atoms with Crippen molar-refractivity contribution in [3.05, 3.63) is 47.5 Å². The zero-order valence-electron chi connectivity index (χ0n) is 17.3. The highest BCUT2D eigenvalue weighted by Crippen LogP contribution is 2.39. The summed E-state index contributed by atoms with van der Waals surface area (Å²) >= 11 is 0. The van der Waals surface area contributed by atoms with Gasteiger partial charge in [-0.2, -0.15) is 0 Å². The van der Waals surface area contributed by atoms with E-state index in [4.69, 9.17) is 14.2 Å². The summed E-state index contributed by atoms with van der Waals surface area (Å²) in [5.74, 6) is 1.26. The van der Waals surface area contributed by atoms with Gasteiger partial charge in [0.1, 0.15) is 0 Å². The van der Waals surface area contributed by atoms with Crippen LogP contribution in [-0.2, 0) is 16.6 Å². The summed E-state index contributed by atoms with van der Waals surface area (Å²) in [6.45, 7) is 0.630. The van der Waals surface area contributed by atoms with Gasteiger partial charge >= 0.3 is 0 Å². The third-order valence-electron chi connectivity index (χ3n) is 4.97. The number of nitrogens with one attached hydrogen (secondary N) is 1. The summed E-state index contributed by atoms with van der Waals surface area (Å²) in [6.07, 6.45) is 1.46. The van der Waals surface area contributed by atoms with Crippen LogP contribution in [0.1, 0.15) is 28.8 Å². The van der Waals surface area contributed by atoms with Crippen molar-refractivity contribution in [3.63, 3.8) is 0 Å². The van der Waals surface area contributed by atoms with E-state index in [1.165, 1.54) is 25.6 Å². The van der Waals surface area contributed by atoms with Crippen molar-refractivity contribution in [2.75, 3.05) is 37.9 Å². The summed E-state index contributed by atoms with van der Waals surface area (Å²) < 4.78 is 42.2. The minimum Gasteiger partial charge on any atom is -0.493 e. The van der Waals surface area contributed by atoms with Gasteiger partial charge in [0.05, 0.1) is 32.8 Å². The Morgan fingerprint density at radius 1 is 1.03 bits per heavy atom. The molecule has 1 saturated heterocycles. The van der Waals surface area contributed by atoms with Crippen molar-refractivity contribution in [1.82, 2.24) is 5.32 Å². The first-order valence-electron chi connectivity index (χ1n) is 9.57. The van der Waals surface area contributed by atoms with Crippen molar-refractivity contribution in [2.45, 2.75) is 19.4 Å². The highest BCUT2D eigenvalue weighted by molar-refractivity contribution is 7.92. The number of amides is 1. The van der Waals surface area contributed by atoms with E-state index >= 15 is 0 Å². The van der Waals surface area contributed by atoms with Crippen molar-refractivity contribution < 1.29 is 27.4 Å². The molecule has 1 aliphatic rings. The lowest BCUT2D eigenvalue weighted by molar-refractivity contribution is 0.0950. The third kappa shape index (κ3) is 4.46. The van der Waals surface area contributed by atoms with Crippen LogP contribution in [0.15, 0.2) is 36.4 Å². The molecule has 3 rings (SSSR count). The maximum absolute atomic E-state index is 12.7. The first kappa shape index (κ1) is 21.8. The molecule has 162 valence electrons. The van der Waals surface area contributed by atoms with E-state index in [1.807, 2.05) is 0 Å². The number of rotatable bonds is 7. The smallest absolute Gasteiger partial charge is 0.251 e. The van der Waals surface area contributed by atoms with E-state index in [0.717, 1.165) is 12.0 Å². The fourth-order valence-electron chi connectivity index (χ4n) is 3.46. The Hall–Kier alpha value is -2.94. The number of methoxy groups -OCH3 is 3. The van der Waals surface area contributed by atoms with E-state index in [2.05, 4.69) is 5.32 Å². The largest absolute Gasteiger partial charge is 0.493 e. The highest BCUT2D eigenvalue weighted by Gasteiger charge is 2.26. The van der Waals surface area contributed by atoms with E-state index in [9.17, 15) is 13.2 Å². The van der Waals surface area contributed by atoms with Crippen LogP contribution in [0.25, 0.3) is 0 Å². The molecule has 0 unspecified atom stereocenters. The SMILES string of the molecule is COc1ccc(CNC(=O)c2cccc(N3CCCCS3(=O)=O)c2)c(OC)c1OC. The summed E-state index contributed by atoms with van der Waals surface area (Å²) in [4.78, 5) is 12.7. The number of anilines is 1. The van der Waals surface area contributed by atoms with Crippen molar-refractivity contribution in [1.29, 1.82) is 0 Å². The number of benzene rings is 2. The maximum atomic E-state index is 12.7. The Morgan fingerprint density at radius 2 is 1.80 bits per heavy atom. The topological polar surface area (TPSA) is 94.2 Å². The Labute approximate surface area is 176 Å². The number of hydrogen-bond acceptors (Lipinski definition) is 6. The lowest BCUT2D eigenvalue weighted by Crippen LogP contribution is -2.38. The van der Waals surface area contributed by atoms with Crippen molar-refractivity contribution >= 4 is 21.6 Å². The molecule has 1 heterocycles. The molecule has 8 nitrogen and oxygen atoms in total. The molecule has 0 atom stereocenters. The van der Waals surface area contributed by atoms with Crippen LogP contribution >= 0.6 is 0 Å². The molecule has 0 aliphatic carbocycles. The Bertz CT molecular complexity index is 1020. The van der Waals surface area contributed by atoms with Crippen LogP contribution in [0.5, 0.6) is 17.2 Å². The van der Waals surface area contributed by atoms with E-state index < -0.39 is 10.0 Å². The van der Waals surface area contributed by atoms with Crippen LogP contribution in [0.4, 0.5) is 5.69 Å². The highest BCUT2D eigenvalue weighted by atomic mass is 32.2. The molecule has 0 aromatic heterocycles. The molecular formula is C21H26N2O6S. The minimum atomic E-state index is -3.34. The third-order valence-corrected chi connectivity index (χ3v) is 6.84. The van der Waals surface area contributed by atoms with E-state index in [0.29, 0.717) is 41.5 Å². The first-order chi connectivity index (χ1) is 14.4. The number of carbonyl (C=O) groups excluding carboxylic acids is 1. The number of sulfonamides is 1. The fraction of sp³-hybridized carbons (Fsp3) is 0.381. The average Bonchev–Trinajstić information content (AvgIpc) is 2.76. The quantitative estimate of drug-likeness (QED) is 0.720. The summed E-state index contributed by atoms with van der Waals surface area (Å²) in [7, 11) is 1.23. The Kier molecular flexibility index (Phi) is 6.71. The molecule has 1 N–H and O–H groups in total. The first-order valence-corrected chi connectivity index (χ1v) is 11.2. The Morgan fingerprint density at radius 3 is 2.47 bits per heavy atom. The monoisotopic (exact) mass is 434 g/mol. The molecule has 30 heavy (non-hydrogen) atoms. The number of carbonyl (C=O) groups is 1. The molecule has 1 aliphatic heterocycles. The normalized spacial score (nSPS) is 15.4. The van der Waals surface area contributed by atoms with Gasteiger partial charge in [-0.15, -0.1) is 0 Å². The molecule has 1 amide bonds. The van der Waals surface area contributed by atoms with Crippen LogP contribution in [0, 0.1) is 0 Å². The lowest BCUT2D eigenvalue weighted by atomic mass is 10.1. The molecule has 2 aromatic rings. The van der Waals surface area contributed by atoms with Gasteiger partial charge in [-0.05, 0) is 43.2 Å². The van der Waals surface area contributed by atoms with Gasteiger partial charge in [0.25, 0.3) is 5.91 Å². The molecule has 0 spiro atoms. The lowest BCUT2D eigenvalue weighted by Gasteiger charge is -2.28. The summed E-state index contributed by atoms with van der Waals surface area (Å²) in [5.41, 5.74) is 1.61. The standard InChI is InChI=1S/C21H26N2O6S/c1-27-18-10-9-16(19(28-2)20(18)29-3)14-22-21(24)15-7-6-8-17(13-15)23-11-4-5-12-30(23,25)26/h6-10,13H,4-5,11-12,14H2,1-3H3,(H,22,24). The summed E-state index contributed by atoms with van der Waals surface area (Å²) in [6, 6.07) is 10.2. The molecule has 0 bridgehead atoms. The number of hydrogen-bond donors (Lipinski definition) is 1. The molecule has 2 aromatic carbocycles. The second-order valence-electron chi connectivity index (χ2n) is 6.82. The number of ether oxygens (including phenoxy) is 3. The molecule has 9 heteroatoms. The van der Waals surface area contributed by atoms with Crippen molar-refractivity contribution in [2.24, 2.45) is 0 Å². The fourth-order valence-corrected chi connectivity index (χ4v) is 5.09. The van der Waals surface area contributed by atoms with Crippen molar-refractivity contribution in [3.8, 4) is 17.2 Å². The average molecular weight is 435 g/mol. The van der Waals surface area contributed by atoms with Gasteiger partial charge in [-0.3, -0.25) is 9.10 Å². The van der Waals surface area contributed by atoms with Crippen LogP contribution in [-0.4, -0.2) is 48.0 Å². The summed E-state index contributed by atoms with van der Waals surface area (Å²) in [5, 5.41) is 2.85. The van der Waals surface area contributed by atoms with E-state index in [-0.39, 0.29) is 18.2 Å². The molecule has 0 saturated carbocycles. The van der Waals surface area contributed by atoms with Crippen LogP contribution in [0.3, 0.4) is 0 Å². The minimum absolute atomic E-state index is 0.128. The maximum Gasteiger partial charge on any atom is 0.251 e. The van der Waals surface area contributed by atoms with Gasteiger partial charge in [0, 0.05) is 24.2 Å². The van der Waals surface area contributed by atoms with Gasteiger partial charge in [0.2, 0.25) is 15.8 Å². The molecule has 1 fully saturated rings. The van der Waals surface area contributed by atoms with Gasteiger partial charge in [-0.25, -0.2) is 8.42 Å². The predicted molar refractivity (Wildman–Crippen MR) is 114 cm³/mol. The second-order valence-corrected chi connectivity index (χ2v) is 8.83. The van der Waals surface area contributed by atoms with Gasteiger partial charge in [-0.1, -0.05) is 6.07 Å². The Balaban J connectivity index is 1.78. The van der Waals surface area contributed by atoms with E-state index in [1.54, 1.807) is 36.4 Å². The predicted octanol–water partition coefficient (Wildman–Crippen LogP) is 2.57. The molecule has 0 radical (unpaired) electrons. The van der Waals surface area contributed by atoms with Gasteiger partial charge < -0.3 is 19.5 Å². The van der Waals surface area contributed by atoms with Crippen LogP contribution in [0.2, 0.25) is 0 Å². The van der Waals surface area contributed by atoms with Gasteiger partial charge in [0.15, 0.2) is 11.5 Å². The molecular weight excluding hydrogens is 408 g/mol. The zero-order valence-corrected chi connectivity index (χ0v) is 18.1. The van der Waals surface area contributed by atoms with Crippen LogP contribution < -0.4 is 23.8 Å². The number of nitrogens with zero attached hydrogens (tertiary/aromatic N) is 1.